The van der Waals surface area contributed by atoms with E-state index in [1.807, 2.05) is 0 Å². The molecule has 2 aromatic rings. The van der Waals surface area contributed by atoms with E-state index in [1.165, 1.54) is 40.9 Å². The van der Waals surface area contributed by atoms with Gasteiger partial charge in [0.15, 0.2) is 10.8 Å². The molecule has 0 saturated carbocycles. The molecule has 4 rings (SSSR count). The number of nitrogens with one attached hydrogen (secondary N) is 1. The molecule has 16 nitrogen and oxygen atoms in total. The van der Waals surface area contributed by atoms with E-state index in [4.69, 9.17) is 20.0 Å². The predicted octanol–water partition coefficient (Wildman–Crippen LogP) is 0.572. The number of oxime groups is 1. The fourth-order valence-electron chi connectivity index (χ4n) is 3.61. The molecule has 1 fully saturated rings. The lowest BCUT2D eigenvalue weighted by atomic mass is 10.1. The molecular formula is C20H22N8O8S3. The maximum atomic E-state index is 13.1. The number of nitrogens with two attached hydrogens (primary N) is 1. The summed E-state index contributed by atoms with van der Waals surface area (Å²) in [4.78, 5) is 63.5. The second-order valence-electron chi connectivity index (χ2n) is 7.65. The minimum absolute atomic E-state index is 0.0322. The van der Waals surface area contributed by atoms with Crippen molar-refractivity contribution >= 4 is 69.6 Å². The Kier molecular flexibility index (Phi) is 8.60. The standard InChI is InChI=1S/C20H22N8O8S3/c1-4-27-12(17(31)34-2)24-19(25-27)39-6-8-5-37-16-11(14(30)28(16)15(8)36-20(32)33)23-13(29)10(26-35-3)9-7-38-18(21)22-9/h7,11,16H,4-6H2,1-3H3,(H2,21,22)(H,23,29)(H,32,33)/b26-10-/t11-,16-/m1/s1. The van der Waals surface area contributed by atoms with Crippen molar-refractivity contribution in [2.45, 2.75) is 30.0 Å². The number of anilines is 1. The van der Waals surface area contributed by atoms with Crippen molar-refractivity contribution in [3.05, 3.63) is 28.4 Å². The molecule has 0 aliphatic carbocycles. The van der Waals surface area contributed by atoms with Gasteiger partial charge < -0.3 is 30.5 Å². The molecule has 0 aromatic carbocycles. The van der Waals surface area contributed by atoms with E-state index in [0.717, 1.165) is 23.1 Å². The first-order valence-corrected chi connectivity index (χ1v) is 14.0. The number of hydrogen-bond donors (Lipinski definition) is 3. The van der Waals surface area contributed by atoms with Gasteiger partial charge in [0.1, 0.15) is 24.2 Å². The van der Waals surface area contributed by atoms with E-state index in [2.05, 4.69) is 25.5 Å². The number of aromatic nitrogens is 4. The van der Waals surface area contributed by atoms with Crippen molar-refractivity contribution < 1.29 is 38.6 Å². The molecule has 1 saturated heterocycles. The normalized spacial score (nSPS) is 18.8. The average Bonchev–Trinajstić information content (AvgIpc) is 3.54. The first-order chi connectivity index (χ1) is 18.7. The third-order valence-electron chi connectivity index (χ3n) is 5.32. The molecule has 39 heavy (non-hydrogen) atoms. The summed E-state index contributed by atoms with van der Waals surface area (Å²) >= 11 is 3.55. The van der Waals surface area contributed by atoms with Gasteiger partial charge in [0, 0.05) is 29.0 Å². The van der Waals surface area contributed by atoms with Crippen LogP contribution in [0, 0.1) is 0 Å². The topological polar surface area (TPSA) is 213 Å². The fraction of sp³-hybridized carbons (Fsp3) is 0.400. The van der Waals surface area contributed by atoms with Gasteiger partial charge in [0.05, 0.1) is 7.11 Å². The summed E-state index contributed by atoms with van der Waals surface area (Å²) in [6.45, 7) is 2.17. The molecule has 2 aliphatic rings. The van der Waals surface area contributed by atoms with Crippen LogP contribution in [0.4, 0.5) is 9.93 Å². The van der Waals surface area contributed by atoms with E-state index < -0.39 is 35.4 Å². The number of nitrogens with zero attached hydrogens (tertiary/aromatic N) is 6. The van der Waals surface area contributed by atoms with E-state index in [1.54, 1.807) is 6.92 Å². The van der Waals surface area contributed by atoms with Crippen LogP contribution in [0.5, 0.6) is 0 Å². The lowest BCUT2D eigenvalue weighted by Crippen LogP contribution is -2.70. The summed E-state index contributed by atoms with van der Waals surface area (Å²) in [5.74, 6) is -1.58. The number of hydrogen-bond acceptors (Lipinski definition) is 15. The van der Waals surface area contributed by atoms with Gasteiger partial charge in [-0.15, -0.1) is 28.2 Å². The zero-order chi connectivity index (χ0) is 28.3. The number of β-lactam (4-membered cyclic amide) rings is 1. The quantitative estimate of drug-likeness (QED) is 0.112. The Morgan fingerprint density at radius 2 is 2.10 bits per heavy atom. The fourth-order valence-corrected chi connectivity index (χ4v) is 6.44. The Morgan fingerprint density at radius 1 is 1.33 bits per heavy atom. The van der Waals surface area contributed by atoms with Gasteiger partial charge in [-0.2, -0.15) is 4.98 Å². The molecule has 4 heterocycles. The number of carbonyl (C=O) groups is 4. The van der Waals surface area contributed by atoms with Crippen LogP contribution in [0.2, 0.25) is 0 Å². The van der Waals surface area contributed by atoms with Crippen molar-refractivity contribution in [1.29, 1.82) is 0 Å². The second-order valence-corrected chi connectivity index (χ2v) is 10.6. The molecule has 0 bridgehead atoms. The number of aryl methyl sites for hydroxylation is 1. The number of carboxylic acid groups (broad SMARTS) is 1. The van der Waals surface area contributed by atoms with Gasteiger partial charge in [-0.1, -0.05) is 16.9 Å². The molecule has 2 aliphatic heterocycles. The maximum absolute atomic E-state index is 13.1. The minimum Gasteiger partial charge on any atom is -0.463 e. The highest BCUT2D eigenvalue weighted by Gasteiger charge is 2.54. The SMILES string of the molecule is CCn1nc(SCC2=C(OC(=O)O)N3C(=O)[C@@H](NC(=O)/C(=N\OC)c4csc(N)n4)[C@H]3SC2)nc1C(=O)OC. The Bertz CT molecular complexity index is 1370. The largest absolute Gasteiger partial charge is 0.512 e. The summed E-state index contributed by atoms with van der Waals surface area (Å²) < 4.78 is 11.1. The van der Waals surface area contributed by atoms with E-state index in [0.29, 0.717) is 12.1 Å². The Morgan fingerprint density at radius 3 is 2.72 bits per heavy atom. The monoisotopic (exact) mass is 598 g/mol. The van der Waals surface area contributed by atoms with Crippen LogP contribution in [0.15, 0.2) is 27.1 Å². The van der Waals surface area contributed by atoms with Crippen molar-refractivity contribution in [3.63, 3.8) is 0 Å². The van der Waals surface area contributed by atoms with E-state index >= 15 is 0 Å². The second kappa shape index (κ2) is 11.9. The number of ether oxygens (including phenoxy) is 2. The van der Waals surface area contributed by atoms with Crippen LogP contribution in [-0.4, -0.2) is 96.5 Å². The highest BCUT2D eigenvalue weighted by Crippen LogP contribution is 2.41. The van der Waals surface area contributed by atoms with Crippen LogP contribution >= 0.6 is 34.9 Å². The number of methoxy groups -OCH3 is 1. The third-order valence-corrected chi connectivity index (χ3v) is 8.26. The van der Waals surface area contributed by atoms with E-state index in [-0.39, 0.29) is 44.9 Å². The number of fused-ring (bicyclic) bond motifs is 1. The Hall–Kier alpha value is -3.84. The van der Waals surface area contributed by atoms with Gasteiger partial charge in [0.25, 0.3) is 11.8 Å². The number of esters is 1. The summed E-state index contributed by atoms with van der Waals surface area (Å²) in [7, 11) is 2.49. The van der Waals surface area contributed by atoms with Gasteiger partial charge in [-0.05, 0) is 6.92 Å². The highest BCUT2D eigenvalue weighted by atomic mass is 32.2. The van der Waals surface area contributed by atoms with Gasteiger partial charge in [-0.3, -0.25) is 14.5 Å². The average molecular weight is 599 g/mol. The number of rotatable bonds is 10. The van der Waals surface area contributed by atoms with Crippen LogP contribution in [0.3, 0.4) is 0 Å². The Balaban J connectivity index is 1.50. The zero-order valence-electron chi connectivity index (χ0n) is 20.6. The zero-order valence-corrected chi connectivity index (χ0v) is 23.1. The molecule has 0 spiro atoms. The molecular weight excluding hydrogens is 576 g/mol. The summed E-state index contributed by atoms with van der Waals surface area (Å²) in [5, 5.41) is 21.2. The molecule has 2 atom stereocenters. The molecule has 19 heteroatoms. The van der Waals surface area contributed by atoms with Crippen molar-refractivity contribution in [1.82, 2.24) is 30.0 Å². The summed E-state index contributed by atoms with van der Waals surface area (Å²) in [6, 6.07) is -0.980. The van der Waals surface area contributed by atoms with Crippen LogP contribution in [-0.2, 0) is 30.4 Å². The lowest BCUT2D eigenvalue weighted by Gasteiger charge is -2.49. The summed E-state index contributed by atoms with van der Waals surface area (Å²) in [5.41, 5.74) is 6.15. The molecule has 208 valence electrons. The number of thioether (sulfide) groups is 2. The highest BCUT2D eigenvalue weighted by molar-refractivity contribution is 8.01. The Labute approximate surface area is 232 Å². The number of nitrogen functional groups attached to an aromatic ring is 1. The van der Waals surface area contributed by atoms with Gasteiger partial charge >= 0.3 is 12.1 Å². The summed E-state index contributed by atoms with van der Waals surface area (Å²) in [6.07, 6.45) is -1.60. The van der Waals surface area contributed by atoms with Crippen LogP contribution in [0.1, 0.15) is 23.2 Å². The van der Waals surface area contributed by atoms with Gasteiger partial charge in [0.2, 0.25) is 16.9 Å². The van der Waals surface area contributed by atoms with Crippen molar-refractivity contribution in [2.75, 3.05) is 31.5 Å². The number of carbonyl (C=O) groups excluding carboxylic acids is 3. The molecule has 2 aromatic heterocycles. The predicted molar refractivity (Wildman–Crippen MR) is 139 cm³/mol. The molecule has 0 unspecified atom stereocenters. The van der Waals surface area contributed by atoms with Gasteiger partial charge in [-0.25, -0.2) is 19.3 Å². The lowest BCUT2D eigenvalue weighted by molar-refractivity contribution is -0.148. The molecule has 4 N–H and O–H groups in total. The van der Waals surface area contributed by atoms with Crippen molar-refractivity contribution in [3.8, 4) is 0 Å². The van der Waals surface area contributed by atoms with Crippen LogP contribution < -0.4 is 11.1 Å². The number of amides is 2. The van der Waals surface area contributed by atoms with Crippen molar-refractivity contribution in [2.24, 2.45) is 5.16 Å². The maximum Gasteiger partial charge on any atom is 0.512 e. The third kappa shape index (κ3) is 5.78. The first-order valence-electron chi connectivity index (χ1n) is 11.0. The smallest absolute Gasteiger partial charge is 0.463 e. The first kappa shape index (κ1) is 28.2. The minimum atomic E-state index is -1.60. The molecule has 0 radical (unpaired) electrons. The molecule has 2 amide bonds. The van der Waals surface area contributed by atoms with E-state index in [9.17, 15) is 24.3 Å². The number of thiazole rings is 1. The van der Waals surface area contributed by atoms with Crippen LogP contribution in [0.25, 0.3) is 0 Å².